The number of fused-ring (bicyclic) bond motifs is 1. The van der Waals surface area contributed by atoms with E-state index in [1.54, 1.807) is 0 Å². The molecular formula is C11H10ClORu. The van der Waals surface area contributed by atoms with Crippen molar-refractivity contribution in [3.63, 3.8) is 0 Å². The van der Waals surface area contributed by atoms with Gasteiger partial charge in [-0.1, -0.05) is 0 Å². The molecule has 1 aliphatic rings. The van der Waals surface area contributed by atoms with Crippen molar-refractivity contribution in [3.05, 3.63) is 34.9 Å². The predicted molar refractivity (Wildman–Crippen MR) is 56.7 cm³/mol. The van der Waals surface area contributed by atoms with Crippen LogP contribution in [0.2, 0.25) is 0 Å². The van der Waals surface area contributed by atoms with Crippen LogP contribution in [-0.4, -0.2) is 11.2 Å². The van der Waals surface area contributed by atoms with E-state index in [0.29, 0.717) is 6.61 Å². The third-order valence-corrected chi connectivity index (χ3v) is 3.25. The van der Waals surface area contributed by atoms with Crippen LogP contribution < -0.4 is 4.74 Å². The van der Waals surface area contributed by atoms with E-state index in [0.717, 1.165) is 16.9 Å². The van der Waals surface area contributed by atoms with Gasteiger partial charge in [0.05, 0.1) is 0 Å². The summed E-state index contributed by atoms with van der Waals surface area (Å²) in [6.07, 6.45) is 4.13. The molecular weight excluding hydrogens is 285 g/mol. The normalized spacial score (nSPS) is 14.7. The standard InChI is InChI=1S/C11H10O.ClH.Ru/c1-8-6-9(2)11-10(7-8)4-3-5-12-11;;/h2-4,6-7H,5H2,1H3;1H;/q;;+1/p-1. The van der Waals surface area contributed by atoms with Gasteiger partial charge in [0, 0.05) is 0 Å². The summed E-state index contributed by atoms with van der Waals surface area (Å²) in [6, 6.07) is 4.25. The number of hydrogen-bond acceptors (Lipinski definition) is 1. The number of benzene rings is 1. The van der Waals surface area contributed by atoms with Crippen LogP contribution in [0.1, 0.15) is 16.7 Å². The van der Waals surface area contributed by atoms with Gasteiger partial charge < -0.3 is 0 Å². The van der Waals surface area contributed by atoms with Crippen molar-refractivity contribution in [1.29, 1.82) is 0 Å². The van der Waals surface area contributed by atoms with Crippen molar-refractivity contribution in [1.82, 2.24) is 0 Å². The second kappa shape index (κ2) is 4.38. The molecule has 75 valence electrons. The Morgan fingerprint density at radius 1 is 1.50 bits per heavy atom. The van der Waals surface area contributed by atoms with E-state index in [2.05, 4.69) is 29.7 Å². The summed E-state index contributed by atoms with van der Waals surface area (Å²) >= 11 is -0.199. The van der Waals surface area contributed by atoms with Gasteiger partial charge in [0.1, 0.15) is 0 Å². The zero-order valence-electron chi connectivity index (χ0n) is 7.73. The molecule has 0 saturated heterocycles. The quantitative estimate of drug-likeness (QED) is 0.724. The van der Waals surface area contributed by atoms with E-state index in [-0.39, 0.29) is 15.7 Å². The molecule has 0 aliphatic carbocycles. The summed E-state index contributed by atoms with van der Waals surface area (Å²) in [4.78, 5) is 0. The van der Waals surface area contributed by atoms with Crippen LogP contribution in [0.5, 0.6) is 5.75 Å². The van der Waals surface area contributed by atoms with Crippen LogP contribution in [0, 0.1) is 6.92 Å². The van der Waals surface area contributed by atoms with Crippen LogP contribution in [0.4, 0.5) is 0 Å². The molecule has 1 aromatic carbocycles. The second-order valence-electron chi connectivity index (χ2n) is 3.17. The molecule has 0 bridgehead atoms. The molecule has 14 heavy (non-hydrogen) atoms. The fourth-order valence-corrected chi connectivity index (χ4v) is 2.61. The van der Waals surface area contributed by atoms with Gasteiger partial charge in [0.25, 0.3) is 0 Å². The zero-order valence-corrected chi connectivity index (χ0v) is 10.2. The Morgan fingerprint density at radius 3 is 3.14 bits per heavy atom. The average molecular weight is 295 g/mol. The molecule has 0 fully saturated rings. The van der Waals surface area contributed by atoms with Crippen molar-refractivity contribution >= 4 is 20.4 Å². The summed E-state index contributed by atoms with van der Waals surface area (Å²) in [5, 5.41) is 0. The van der Waals surface area contributed by atoms with Gasteiger partial charge in [-0.05, 0) is 0 Å². The first-order chi connectivity index (χ1) is 6.81. The number of ether oxygens (including phenoxy) is 1. The summed E-state index contributed by atoms with van der Waals surface area (Å²) in [6.45, 7) is 2.75. The monoisotopic (exact) mass is 295 g/mol. The first-order valence-corrected chi connectivity index (χ1v) is 7.55. The van der Waals surface area contributed by atoms with Gasteiger partial charge in [-0.25, -0.2) is 0 Å². The molecule has 2 rings (SSSR count). The van der Waals surface area contributed by atoms with Crippen LogP contribution in [0.25, 0.3) is 6.08 Å². The molecule has 0 spiro atoms. The Bertz CT molecular complexity index is 410. The summed E-state index contributed by atoms with van der Waals surface area (Å²) in [7, 11) is 5.79. The van der Waals surface area contributed by atoms with Gasteiger partial charge in [0.15, 0.2) is 0 Å². The van der Waals surface area contributed by atoms with Gasteiger partial charge in [-0.15, -0.1) is 0 Å². The SMILES string of the molecule is Cc1cc2c(c([CH]=[Ru][Cl])c1)OCC=C2. The Labute approximate surface area is 94.9 Å². The molecule has 1 aliphatic heterocycles. The van der Waals surface area contributed by atoms with E-state index < -0.39 is 0 Å². The van der Waals surface area contributed by atoms with E-state index in [1.807, 2.05) is 6.08 Å². The second-order valence-corrected chi connectivity index (χ2v) is 4.96. The topological polar surface area (TPSA) is 9.23 Å². The Balaban J connectivity index is 2.59. The first kappa shape index (κ1) is 10.1. The van der Waals surface area contributed by atoms with Gasteiger partial charge >= 0.3 is 95.0 Å². The molecule has 1 aromatic rings. The molecule has 0 radical (unpaired) electrons. The first-order valence-electron chi connectivity index (χ1n) is 4.30. The number of hydrogen-bond donors (Lipinski definition) is 0. The number of aryl methyl sites for hydroxylation is 1. The third-order valence-electron chi connectivity index (χ3n) is 2.06. The minimum absolute atomic E-state index is 0.199. The molecule has 0 amide bonds. The Hall–Kier alpha value is -0.457. The van der Waals surface area contributed by atoms with Gasteiger partial charge in [-0.3, -0.25) is 0 Å². The van der Waals surface area contributed by atoms with Crippen LogP contribution in [0.15, 0.2) is 18.2 Å². The summed E-state index contributed by atoms with van der Waals surface area (Å²) in [5.74, 6) is 0.980. The maximum absolute atomic E-state index is 5.79. The van der Waals surface area contributed by atoms with E-state index in [4.69, 9.17) is 14.4 Å². The maximum atomic E-state index is 5.79. The third kappa shape index (κ3) is 1.97. The number of halogens is 1. The minimum atomic E-state index is -0.199. The molecule has 0 N–H and O–H groups in total. The molecule has 0 atom stereocenters. The Morgan fingerprint density at radius 2 is 2.36 bits per heavy atom. The molecule has 0 saturated carbocycles. The van der Waals surface area contributed by atoms with E-state index in [9.17, 15) is 0 Å². The molecule has 0 aromatic heterocycles. The van der Waals surface area contributed by atoms with Crippen LogP contribution in [-0.2, 0) is 15.7 Å². The van der Waals surface area contributed by atoms with Crippen LogP contribution >= 0.6 is 9.69 Å². The summed E-state index contributed by atoms with van der Waals surface area (Å²) in [5.41, 5.74) is 3.54. The van der Waals surface area contributed by atoms with E-state index >= 15 is 0 Å². The molecule has 3 heteroatoms. The van der Waals surface area contributed by atoms with Crippen molar-refractivity contribution in [3.8, 4) is 5.75 Å². The predicted octanol–water partition coefficient (Wildman–Crippen LogP) is 2.79. The van der Waals surface area contributed by atoms with Crippen molar-refractivity contribution in [2.75, 3.05) is 6.61 Å². The Kier molecular flexibility index (Phi) is 3.15. The summed E-state index contributed by atoms with van der Waals surface area (Å²) < 4.78 is 7.67. The fourth-order valence-electron chi connectivity index (χ4n) is 1.54. The molecule has 0 unspecified atom stereocenters. The van der Waals surface area contributed by atoms with E-state index in [1.165, 1.54) is 5.56 Å². The van der Waals surface area contributed by atoms with Crippen LogP contribution in [0.3, 0.4) is 0 Å². The van der Waals surface area contributed by atoms with Crippen molar-refractivity contribution in [2.45, 2.75) is 6.92 Å². The fraction of sp³-hybridized carbons (Fsp3) is 0.182. The molecule has 1 nitrogen and oxygen atoms in total. The average Bonchev–Trinajstić information content (AvgIpc) is 2.18. The van der Waals surface area contributed by atoms with Gasteiger partial charge in [-0.2, -0.15) is 0 Å². The number of rotatable bonds is 1. The zero-order chi connectivity index (χ0) is 9.97. The van der Waals surface area contributed by atoms with Crippen molar-refractivity contribution < 1.29 is 20.4 Å². The molecule has 1 heterocycles. The van der Waals surface area contributed by atoms with Crippen molar-refractivity contribution in [2.24, 2.45) is 0 Å². The van der Waals surface area contributed by atoms with Gasteiger partial charge in [0.2, 0.25) is 0 Å².